The lowest BCUT2D eigenvalue weighted by atomic mass is 10.2. The molecule has 174 valence electrons. The van der Waals surface area contributed by atoms with Crippen molar-refractivity contribution < 1.29 is 18.9 Å². The molecule has 0 aliphatic heterocycles. The van der Waals surface area contributed by atoms with Crippen LogP contribution in [0.1, 0.15) is 21.9 Å². The van der Waals surface area contributed by atoms with E-state index >= 15 is 0 Å². The fraction of sp³-hybridized carbons (Fsp3) is 0.0909. The molecule has 4 rings (SSSR count). The van der Waals surface area contributed by atoms with E-state index in [4.69, 9.17) is 44.0 Å². The van der Waals surface area contributed by atoms with Crippen LogP contribution < -0.4 is 10.1 Å². The first kappa shape index (κ1) is 23.6. The van der Waals surface area contributed by atoms with Crippen LogP contribution in [0.15, 0.2) is 65.2 Å². The molecule has 1 N–H and O–H groups in total. The molecule has 0 saturated carbocycles. The number of hydrogen-bond donors (Lipinski definition) is 1. The molecule has 2 aromatic heterocycles. The predicted octanol–water partition coefficient (Wildman–Crippen LogP) is 6.22. The van der Waals surface area contributed by atoms with Crippen molar-refractivity contribution in [1.82, 2.24) is 9.78 Å². The molecule has 4 aromatic rings. The average molecular weight is 522 g/mol. The number of nitrogens with one attached hydrogen (secondary N) is 1. The number of nitrogens with zero attached hydrogens (tertiary/aromatic N) is 3. The molecule has 0 fully saturated rings. The van der Waals surface area contributed by atoms with Crippen LogP contribution in [0.3, 0.4) is 0 Å². The van der Waals surface area contributed by atoms with Gasteiger partial charge in [0.1, 0.15) is 23.1 Å². The van der Waals surface area contributed by atoms with Gasteiger partial charge in [-0.2, -0.15) is 5.10 Å². The van der Waals surface area contributed by atoms with Crippen molar-refractivity contribution in [3.8, 4) is 5.75 Å². The van der Waals surface area contributed by atoms with Crippen LogP contribution in [0, 0.1) is 10.1 Å². The minimum Gasteiger partial charge on any atom is -0.486 e. The smallest absolute Gasteiger partial charge is 0.292 e. The van der Waals surface area contributed by atoms with Crippen molar-refractivity contribution >= 4 is 52.2 Å². The Balaban J connectivity index is 1.36. The molecule has 0 aliphatic rings. The lowest BCUT2D eigenvalue weighted by Crippen LogP contribution is -2.12. The van der Waals surface area contributed by atoms with Gasteiger partial charge in [-0.3, -0.25) is 19.6 Å². The Kier molecular flexibility index (Phi) is 7.06. The second kappa shape index (κ2) is 10.2. The Labute approximate surface area is 207 Å². The van der Waals surface area contributed by atoms with Crippen molar-refractivity contribution in [3.63, 3.8) is 0 Å². The van der Waals surface area contributed by atoms with Gasteiger partial charge in [0, 0.05) is 28.4 Å². The summed E-state index contributed by atoms with van der Waals surface area (Å²) in [5.41, 5.74) is 0.744. The Hall–Kier alpha value is -3.53. The molecule has 0 spiro atoms. The van der Waals surface area contributed by atoms with Gasteiger partial charge in [-0.25, -0.2) is 0 Å². The number of rotatable bonds is 8. The number of halogens is 3. The zero-order chi connectivity index (χ0) is 24.2. The van der Waals surface area contributed by atoms with Crippen LogP contribution >= 0.6 is 34.8 Å². The van der Waals surface area contributed by atoms with Gasteiger partial charge in [-0.15, -0.1) is 0 Å². The summed E-state index contributed by atoms with van der Waals surface area (Å²) in [5.74, 6) is 0.465. The fourth-order valence-electron chi connectivity index (χ4n) is 2.95. The normalized spacial score (nSPS) is 10.8. The zero-order valence-electron chi connectivity index (χ0n) is 17.2. The van der Waals surface area contributed by atoms with E-state index in [-0.39, 0.29) is 28.9 Å². The van der Waals surface area contributed by atoms with Gasteiger partial charge in [0.15, 0.2) is 11.6 Å². The number of carbonyl (C=O) groups is 1. The molecule has 0 saturated heterocycles. The van der Waals surface area contributed by atoms with Crippen molar-refractivity contribution in [3.05, 3.63) is 103 Å². The Morgan fingerprint density at radius 1 is 1.09 bits per heavy atom. The number of non-ortho nitro benzene ring substituents is 1. The number of nitro groups is 1. The van der Waals surface area contributed by atoms with E-state index in [0.717, 1.165) is 5.56 Å². The third-order valence-corrected chi connectivity index (χ3v) is 5.47. The van der Waals surface area contributed by atoms with Gasteiger partial charge in [-0.05, 0) is 42.0 Å². The average Bonchev–Trinajstić information content (AvgIpc) is 3.41. The standard InChI is InChI=1S/C22H15Cl3N4O5/c23-14-2-1-13(18(24)9-14)10-28-11-19(25)21(27-28)26-22(30)20-8-7-17(34-20)12-33-16-5-3-15(4-6-16)29(31)32/h1-9,11H,10,12H2,(H,26,27,30). The first-order chi connectivity index (χ1) is 16.3. The Morgan fingerprint density at radius 3 is 2.56 bits per heavy atom. The molecule has 0 bridgehead atoms. The minimum atomic E-state index is -0.543. The van der Waals surface area contributed by atoms with E-state index in [1.165, 1.54) is 30.3 Å². The monoisotopic (exact) mass is 520 g/mol. The summed E-state index contributed by atoms with van der Waals surface area (Å²) >= 11 is 18.3. The highest BCUT2D eigenvalue weighted by Crippen LogP contribution is 2.25. The first-order valence-corrected chi connectivity index (χ1v) is 10.9. The molecular weight excluding hydrogens is 507 g/mol. The molecule has 9 nitrogen and oxygen atoms in total. The van der Waals surface area contributed by atoms with Gasteiger partial charge < -0.3 is 14.5 Å². The van der Waals surface area contributed by atoms with Crippen molar-refractivity contribution in [2.75, 3.05) is 5.32 Å². The van der Waals surface area contributed by atoms with Crippen molar-refractivity contribution in [1.29, 1.82) is 0 Å². The lowest BCUT2D eigenvalue weighted by molar-refractivity contribution is -0.384. The summed E-state index contributed by atoms with van der Waals surface area (Å²) in [6.07, 6.45) is 1.56. The van der Waals surface area contributed by atoms with E-state index < -0.39 is 10.8 Å². The maximum Gasteiger partial charge on any atom is 0.292 e. The van der Waals surface area contributed by atoms with Crippen molar-refractivity contribution in [2.45, 2.75) is 13.2 Å². The second-order valence-corrected chi connectivity index (χ2v) is 8.27. The molecule has 0 radical (unpaired) electrons. The molecule has 2 aromatic carbocycles. The number of aromatic nitrogens is 2. The van der Waals surface area contributed by atoms with Crippen LogP contribution in [0.4, 0.5) is 11.5 Å². The minimum absolute atomic E-state index is 0.0301. The van der Waals surface area contributed by atoms with E-state index in [1.807, 2.05) is 0 Å². The van der Waals surface area contributed by atoms with E-state index in [2.05, 4.69) is 10.4 Å². The number of ether oxygens (including phenoxy) is 1. The maximum atomic E-state index is 12.6. The quantitative estimate of drug-likeness (QED) is 0.217. The van der Waals surface area contributed by atoms with E-state index in [1.54, 1.807) is 35.1 Å². The highest BCUT2D eigenvalue weighted by atomic mass is 35.5. The van der Waals surface area contributed by atoms with Gasteiger partial charge in [0.05, 0.1) is 11.5 Å². The molecule has 0 aliphatic carbocycles. The summed E-state index contributed by atoms with van der Waals surface area (Å²) in [4.78, 5) is 22.8. The lowest BCUT2D eigenvalue weighted by Gasteiger charge is -2.05. The maximum absolute atomic E-state index is 12.6. The summed E-state index contributed by atoms with van der Waals surface area (Å²) in [6, 6.07) is 13.8. The van der Waals surface area contributed by atoms with Gasteiger partial charge in [0.25, 0.3) is 11.6 Å². The highest BCUT2D eigenvalue weighted by molar-refractivity contribution is 6.35. The predicted molar refractivity (Wildman–Crippen MR) is 127 cm³/mol. The van der Waals surface area contributed by atoms with Crippen LogP contribution in [-0.4, -0.2) is 20.6 Å². The van der Waals surface area contributed by atoms with Gasteiger partial charge in [0.2, 0.25) is 0 Å². The molecule has 1 amide bonds. The number of furan rings is 1. The van der Waals surface area contributed by atoms with Crippen molar-refractivity contribution in [2.24, 2.45) is 0 Å². The van der Waals surface area contributed by atoms with Crippen LogP contribution in [0.25, 0.3) is 0 Å². The number of benzene rings is 2. The van der Waals surface area contributed by atoms with Crippen LogP contribution in [0.5, 0.6) is 5.75 Å². The molecule has 0 atom stereocenters. The molecule has 12 heteroatoms. The first-order valence-electron chi connectivity index (χ1n) is 9.72. The fourth-order valence-corrected chi connectivity index (χ4v) is 3.62. The number of nitro benzene ring substituents is 1. The molecule has 34 heavy (non-hydrogen) atoms. The van der Waals surface area contributed by atoms with E-state index in [0.29, 0.717) is 28.1 Å². The third kappa shape index (κ3) is 5.69. The molecular formula is C22H15Cl3N4O5. The zero-order valence-corrected chi connectivity index (χ0v) is 19.5. The number of amides is 1. The molecule has 0 unspecified atom stereocenters. The van der Waals surface area contributed by atoms with Crippen LogP contribution in [-0.2, 0) is 13.2 Å². The topological polar surface area (TPSA) is 112 Å². The summed E-state index contributed by atoms with van der Waals surface area (Å²) in [7, 11) is 0. The summed E-state index contributed by atoms with van der Waals surface area (Å²) in [5, 5.41) is 18.9. The third-order valence-electron chi connectivity index (χ3n) is 4.61. The Morgan fingerprint density at radius 2 is 1.85 bits per heavy atom. The number of anilines is 1. The van der Waals surface area contributed by atoms with Gasteiger partial charge >= 0.3 is 0 Å². The second-order valence-electron chi connectivity index (χ2n) is 7.02. The Bertz CT molecular complexity index is 1350. The SMILES string of the molecule is O=C(Nc1nn(Cc2ccc(Cl)cc2Cl)cc1Cl)c1ccc(COc2ccc([N+](=O)[O-])cc2)o1. The number of hydrogen-bond acceptors (Lipinski definition) is 6. The summed E-state index contributed by atoms with van der Waals surface area (Å²) < 4.78 is 12.6. The van der Waals surface area contributed by atoms with Crippen LogP contribution in [0.2, 0.25) is 15.1 Å². The highest BCUT2D eigenvalue weighted by Gasteiger charge is 2.16. The molecule has 2 heterocycles. The largest absolute Gasteiger partial charge is 0.486 e. The summed E-state index contributed by atoms with van der Waals surface area (Å²) in [6.45, 7) is 0.360. The number of carbonyl (C=O) groups excluding carboxylic acids is 1. The van der Waals surface area contributed by atoms with Gasteiger partial charge in [-0.1, -0.05) is 40.9 Å². The van der Waals surface area contributed by atoms with E-state index in [9.17, 15) is 14.9 Å².